The van der Waals surface area contributed by atoms with Gasteiger partial charge in [-0.25, -0.2) is 4.98 Å². The van der Waals surface area contributed by atoms with Crippen LogP contribution in [0.1, 0.15) is 29.6 Å². The van der Waals surface area contributed by atoms with Gasteiger partial charge in [0.25, 0.3) is 12.4 Å². The molecular weight excluding hydrogens is 326 g/mol. The van der Waals surface area contributed by atoms with E-state index in [-0.39, 0.29) is 24.9 Å². The number of pyridine rings is 1. The van der Waals surface area contributed by atoms with Gasteiger partial charge in [0.05, 0.1) is 11.7 Å². The summed E-state index contributed by atoms with van der Waals surface area (Å²) in [7, 11) is 0. The Morgan fingerprint density at radius 3 is 2.48 bits per heavy atom. The van der Waals surface area contributed by atoms with Crippen LogP contribution in [-0.2, 0) is 4.79 Å². The number of hydrogen-bond donors (Lipinski definition) is 3. The lowest BCUT2D eigenvalue weighted by molar-refractivity contribution is -0.122. The highest BCUT2D eigenvalue weighted by molar-refractivity contribution is 5.94. The first-order valence-electron chi connectivity index (χ1n) is 8.47. The van der Waals surface area contributed by atoms with E-state index in [1.165, 1.54) is 0 Å². The van der Waals surface area contributed by atoms with Crippen molar-refractivity contribution in [1.82, 2.24) is 9.88 Å². The second-order valence-electron chi connectivity index (χ2n) is 6.25. The van der Waals surface area contributed by atoms with Gasteiger partial charge in [0.15, 0.2) is 0 Å². The van der Waals surface area contributed by atoms with Crippen LogP contribution in [0.3, 0.4) is 0 Å². The molecule has 25 heavy (non-hydrogen) atoms. The lowest BCUT2D eigenvalue weighted by Crippen LogP contribution is -2.45. The molecule has 2 atom stereocenters. The van der Waals surface area contributed by atoms with Gasteiger partial charge in [-0.2, -0.15) is 0 Å². The van der Waals surface area contributed by atoms with E-state index >= 15 is 0 Å². The normalized spacial score (nSPS) is 23.0. The van der Waals surface area contributed by atoms with Gasteiger partial charge in [-0.1, -0.05) is 0 Å². The van der Waals surface area contributed by atoms with Crippen molar-refractivity contribution in [3.63, 3.8) is 0 Å². The van der Waals surface area contributed by atoms with E-state index in [1.54, 1.807) is 6.20 Å². The number of piperidine rings is 1. The molecule has 2 aliphatic heterocycles. The number of aromatic nitrogens is 1. The fourth-order valence-electron chi connectivity index (χ4n) is 3.20. The second-order valence-corrected chi connectivity index (χ2v) is 6.25. The molecule has 0 bridgehead atoms. The molecule has 0 saturated carbocycles. The molecule has 2 fully saturated rings. The Hall–Kier alpha value is -2.19. The zero-order valence-corrected chi connectivity index (χ0v) is 14.1. The van der Waals surface area contributed by atoms with Crippen LogP contribution >= 0.6 is 0 Å². The Morgan fingerprint density at radius 2 is 1.96 bits per heavy atom. The number of likely N-dealkylation sites (tertiary alicyclic amines) is 1. The van der Waals surface area contributed by atoms with Gasteiger partial charge in [0.2, 0.25) is 0 Å². The van der Waals surface area contributed by atoms with Crippen LogP contribution in [-0.4, -0.2) is 76.5 Å². The Bertz CT molecular complexity index is 560. The van der Waals surface area contributed by atoms with E-state index in [1.807, 2.05) is 21.9 Å². The smallest absolute Gasteiger partial charge is 0.290 e. The van der Waals surface area contributed by atoms with Gasteiger partial charge < -0.3 is 25.1 Å². The molecule has 1 aromatic heterocycles. The van der Waals surface area contributed by atoms with E-state index in [0.717, 1.165) is 44.7 Å². The van der Waals surface area contributed by atoms with E-state index < -0.39 is 6.10 Å². The maximum atomic E-state index is 12.3. The molecule has 1 amide bonds. The average molecular weight is 351 g/mol. The summed E-state index contributed by atoms with van der Waals surface area (Å²) in [5, 5.41) is 26.1. The van der Waals surface area contributed by atoms with Gasteiger partial charge in [-0.15, -0.1) is 0 Å². The number of carbonyl (C=O) groups excluding carboxylic acids is 1. The molecule has 8 nitrogen and oxygen atoms in total. The van der Waals surface area contributed by atoms with Gasteiger partial charge in [-0.3, -0.25) is 9.59 Å². The Morgan fingerprint density at radius 1 is 1.28 bits per heavy atom. The first-order valence-corrected chi connectivity index (χ1v) is 8.47. The molecule has 0 unspecified atom stereocenters. The van der Waals surface area contributed by atoms with Gasteiger partial charge in [-0.05, 0) is 31.4 Å². The first-order chi connectivity index (χ1) is 12.1. The number of amides is 1. The maximum absolute atomic E-state index is 12.3. The van der Waals surface area contributed by atoms with Crippen molar-refractivity contribution in [2.24, 2.45) is 5.92 Å². The molecule has 0 aromatic carbocycles. The molecule has 0 aliphatic carbocycles. The first kappa shape index (κ1) is 19.1. The fraction of sp³-hybridized carbons (Fsp3) is 0.588. The Labute approximate surface area is 146 Å². The number of anilines is 1. The molecule has 138 valence electrons. The van der Waals surface area contributed by atoms with Crippen molar-refractivity contribution >= 4 is 18.2 Å². The zero-order chi connectivity index (χ0) is 18.2. The number of nitrogens with zero attached hydrogens (tertiary/aromatic N) is 3. The SMILES string of the molecule is O=C(c1ccc(N2CC[C@H](CO)[C@@H](O)C2)nc1)N1CCCC1.O=CO. The fourth-order valence-corrected chi connectivity index (χ4v) is 3.20. The van der Waals surface area contributed by atoms with E-state index in [9.17, 15) is 15.0 Å². The van der Waals surface area contributed by atoms with Gasteiger partial charge in [0.1, 0.15) is 5.82 Å². The summed E-state index contributed by atoms with van der Waals surface area (Å²) in [6, 6.07) is 3.66. The van der Waals surface area contributed by atoms with E-state index in [0.29, 0.717) is 12.1 Å². The van der Waals surface area contributed by atoms with Crippen molar-refractivity contribution < 1.29 is 24.9 Å². The van der Waals surface area contributed by atoms with Crippen LogP contribution in [0.15, 0.2) is 18.3 Å². The highest BCUT2D eigenvalue weighted by Gasteiger charge is 2.28. The third-order valence-electron chi connectivity index (χ3n) is 4.67. The summed E-state index contributed by atoms with van der Waals surface area (Å²) >= 11 is 0. The molecule has 3 N–H and O–H groups in total. The summed E-state index contributed by atoms with van der Waals surface area (Å²) in [6.07, 6.45) is 3.99. The highest BCUT2D eigenvalue weighted by Crippen LogP contribution is 2.22. The number of rotatable bonds is 3. The number of carboxylic acid groups (broad SMARTS) is 1. The summed E-state index contributed by atoms with van der Waals surface area (Å²) in [5.74, 6) is 0.774. The van der Waals surface area contributed by atoms with Crippen molar-refractivity contribution in [2.45, 2.75) is 25.4 Å². The zero-order valence-electron chi connectivity index (χ0n) is 14.1. The maximum Gasteiger partial charge on any atom is 0.290 e. The quantitative estimate of drug-likeness (QED) is 0.666. The average Bonchev–Trinajstić information content (AvgIpc) is 3.16. The van der Waals surface area contributed by atoms with Crippen LogP contribution in [0, 0.1) is 5.92 Å². The number of β-amino-alcohol motifs (C(OH)–C–C–N with tert-alkyl or cyclic N) is 1. The summed E-state index contributed by atoms with van der Waals surface area (Å²) in [5.41, 5.74) is 0.622. The van der Waals surface area contributed by atoms with Gasteiger partial charge >= 0.3 is 0 Å². The molecule has 8 heteroatoms. The molecule has 0 spiro atoms. The highest BCUT2D eigenvalue weighted by atomic mass is 16.3. The van der Waals surface area contributed by atoms with E-state index in [4.69, 9.17) is 9.90 Å². The Kier molecular flexibility index (Phi) is 7.15. The second kappa shape index (κ2) is 9.33. The minimum atomic E-state index is -0.536. The summed E-state index contributed by atoms with van der Waals surface area (Å²) in [4.78, 5) is 28.9. The third kappa shape index (κ3) is 4.90. The number of hydrogen-bond acceptors (Lipinski definition) is 6. The van der Waals surface area contributed by atoms with Crippen molar-refractivity contribution in [3.8, 4) is 0 Å². The third-order valence-corrected chi connectivity index (χ3v) is 4.67. The lowest BCUT2D eigenvalue weighted by atomic mass is 9.95. The standard InChI is InChI=1S/C16H23N3O3.CH2O2/c20-11-13-5-8-19(10-14(13)21)15-4-3-12(9-17-15)16(22)18-6-1-2-7-18;2-1-3/h3-4,9,13-14,20-21H,1-2,5-8,10-11H2;1H,(H,2,3)/t13-,14+;/m1./s1. The lowest BCUT2D eigenvalue weighted by Gasteiger charge is -2.35. The molecule has 0 radical (unpaired) electrons. The van der Waals surface area contributed by atoms with Crippen LogP contribution in [0.4, 0.5) is 5.82 Å². The topological polar surface area (TPSA) is 114 Å². The number of aliphatic hydroxyl groups is 2. The molecule has 1 aromatic rings. The summed E-state index contributed by atoms with van der Waals surface area (Å²) in [6.45, 7) is 2.67. The van der Waals surface area contributed by atoms with Crippen LogP contribution in [0.2, 0.25) is 0 Å². The summed E-state index contributed by atoms with van der Waals surface area (Å²) < 4.78 is 0. The minimum Gasteiger partial charge on any atom is -0.483 e. The van der Waals surface area contributed by atoms with Crippen LogP contribution in [0.25, 0.3) is 0 Å². The largest absolute Gasteiger partial charge is 0.483 e. The molecule has 2 aliphatic rings. The molecule has 2 saturated heterocycles. The molecule has 3 rings (SSSR count). The predicted molar refractivity (Wildman–Crippen MR) is 91.5 cm³/mol. The molecular formula is C17H25N3O5. The van der Waals surface area contributed by atoms with Crippen molar-refractivity contribution in [3.05, 3.63) is 23.9 Å². The van der Waals surface area contributed by atoms with Crippen molar-refractivity contribution in [2.75, 3.05) is 37.7 Å². The van der Waals surface area contributed by atoms with Crippen LogP contribution in [0.5, 0.6) is 0 Å². The predicted octanol–water partition coefficient (Wildman–Crippen LogP) is 0.198. The van der Waals surface area contributed by atoms with Crippen LogP contribution < -0.4 is 4.90 Å². The Balaban J connectivity index is 0.000000701. The van der Waals surface area contributed by atoms with Gasteiger partial charge in [0, 0.05) is 44.9 Å². The monoisotopic (exact) mass is 351 g/mol. The number of carbonyl (C=O) groups is 2. The molecule has 3 heterocycles. The number of aliphatic hydroxyl groups excluding tert-OH is 2. The van der Waals surface area contributed by atoms with Crippen molar-refractivity contribution in [1.29, 1.82) is 0 Å². The van der Waals surface area contributed by atoms with E-state index in [2.05, 4.69) is 4.98 Å². The minimum absolute atomic E-state index is 0.0196.